The standard InChI is InChI=1S/C20H26ClFN2O2.2ClH/c1-3-23-9-4-10-24-13-16-11-18(21)20(19(12-16)25-2)26-14-15-5-7-17(22)8-6-15;;/h5-8,11-12,23-24H,3-4,9-10,13-14H2,1-2H3;2*1H. The quantitative estimate of drug-likeness (QED) is 0.470. The van der Waals surface area contributed by atoms with Crippen molar-refractivity contribution in [1.82, 2.24) is 10.6 Å². The van der Waals surface area contributed by atoms with Gasteiger partial charge in [0.1, 0.15) is 12.4 Å². The van der Waals surface area contributed by atoms with Gasteiger partial charge >= 0.3 is 0 Å². The van der Waals surface area contributed by atoms with Gasteiger partial charge in [-0.3, -0.25) is 0 Å². The number of methoxy groups -OCH3 is 1. The Bertz CT molecular complexity index is 688. The molecule has 0 saturated carbocycles. The first kappa shape index (κ1) is 26.8. The third-order valence-electron chi connectivity index (χ3n) is 3.87. The third-order valence-corrected chi connectivity index (χ3v) is 4.15. The first-order valence-electron chi connectivity index (χ1n) is 8.79. The summed E-state index contributed by atoms with van der Waals surface area (Å²) >= 11 is 6.38. The predicted octanol–water partition coefficient (Wildman–Crippen LogP) is 5.00. The lowest BCUT2D eigenvalue weighted by molar-refractivity contribution is 0.284. The molecule has 0 fully saturated rings. The second kappa shape index (κ2) is 14.7. The van der Waals surface area contributed by atoms with Crippen LogP contribution in [0, 0.1) is 5.82 Å². The summed E-state index contributed by atoms with van der Waals surface area (Å²) in [4.78, 5) is 0. The zero-order chi connectivity index (χ0) is 18.8. The Morgan fingerprint density at radius 3 is 2.32 bits per heavy atom. The average Bonchev–Trinajstić information content (AvgIpc) is 2.64. The van der Waals surface area contributed by atoms with Crippen LogP contribution >= 0.6 is 36.4 Å². The Morgan fingerprint density at radius 1 is 1.00 bits per heavy atom. The Kier molecular flexibility index (Phi) is 14.1. The van der Waals surface area contributed by atoms with E-state index in [1.54, 1.807) is 19.2 Å². The summed E-state index contributed by atoms with van der Waals surface area (Å²) in [6.07, 6.45) is 1.07. The molecule has 4 nitrogen and oxygen atoms in total. The van der Waals surface area contributed by atoms with Crippen LogP contribution in [-0.4, -0.2) is 26.7 Å². The molecule has 2 aromatic rings. The molecule has 0 aliphatic carbocycles. The largest absolute Gasteiger partial charge is 0.493 e. The molecular formula is C20H28Cl3FN2O2. The van der Waals surface area contributed by atoms with Crippen molar-refractivity contribution in [3.05, 3.63) is 58.4 Å². The number of ether oxygens (including phenoxy) is 2. The lowest BCUT2D eigenvalue weighted by atomic mass is 10.2. The molecule has 0 heterocycles. The second-order valence-electron chi connectivity index (χ2n) is 5.91. The smallest absolute Gasteiger partial charge is 0.180 e. The van der Waals surface area contributed by atoms with Gasteiger partial charge in [-0.2, -0.15) is 0 Å². The fourth-order valence-corrected chi connectivity index (χ4v) is 2.79. The van der Waals surface area contributed by atoms with Crippen molar-refractivity contribution in [2.75, 3.05) is 26.7 Å². The van der Waals surface area contributed by atoms with Crippen molar-refractivity contribution in [1.29, 1.82) is 0 Å². The average molecular weight is 454 g/mol. The minimum absolute atomic E-state index is 0. The topological polar surface area (TPSA) is 42.5 Å². The van der Waals surface area contributed by atoms with E-state index in [4.69, 9.17) is 21.1 Å². The molecule has 8 heteroatoms. The van der Waals surface area contributed by atoms with Gasteiger partial charge in [0.2, 0.25) is 0 Å². The molecule has 0 amide bonds. The van der Waals surface area contributed by atoms with Crippen LogP contribution < -0.4 is 20.1 Å². The fraction of sp³-hybridized carbons (Fsp3) is 0.400. The molecule has 2 aromatic carbocycles. The van der Waals surface area contributed by atoms with E-state index in [1.807, 2.05) is 12.1 Å². The molecule has 0 aliphatic heterocycles. The van der Waals surface area contributed by atoms with E-state index < -0.39 is 0 Å². The van der Waals surface area contributed by atoms with Crippen LogP contribution in [0.2, 0.25) is 5.02 Å². The highest BCUT2D eigenvalue weighted by Gasteiger charge is 2.12. The normalized spacial score (nSPS) is 10.0. The van der Waals surface area contributed by atoms with Crippen LogP contribution in [0.4, 0.5) is 4.39 Å². The molecule has 2 N–H and O–H groups in total. The van der Waals surface area contributed by atoms with Crippen LogP contribution in [-0.2, 0) is 13.2 Å². The number of halogens is 4. The molecule has 2 rings (SSSR count). The van der Waals surface area contributed by atoms with Crippen LogP contribution in [0.25, 0.3) is 0 Å². The van der Waals surface area contributed by atoms with E-state index >= 15 is 0 Å². The van der Waals surface area contributed by atoms with Crippen molar-refractivity contribution in [3.8, 4) is 11.5 Å². The van der Waals surface area contributed by atoms with Gasteiger partial charge in [-0.05, 0) is 61.4 Å². The van der Waals surface area contributed by atoms with Crippen LogP contribution in [0.1, 0.15) is 24.5 Å². The van der Waals surface area contributed by atoms with Gasteiger partial charge in [0.05, 0.1) is 12.1 Å². The summed E-state index contributed by atoms with van der Waals surface area (Å²) in [5, 5.41) is 7.18. The van der Waals surface area contributed by atoms with Crippen molar-refractivity contribution < 1.29 is 13.9 Å². The highest BCUT2D eigenvalue weighted by molar-refractivity contribution is 6.32. The first-order chi connectivity index (χ1) is 12.6. The van der Waals surface area contributed by atoms with E-state index in [9.17, 15) is 4.39 Å². The van der Waals surface area contributed by atoms with Gasteiger partial charge in [0.25, 0.3) is 0 Å². The molecule has 0 aliphatic rings. The fourth-order valence-electron chi connectivity index (χ4n) is 2.50. The Hall–Kier alpha value is -1.24. The highest BCUT2D eigenvalue weighted by atomic mass is 35.5. The monoisotopic (exact) mass is 452 g/mol. The van der Waals surface area contributed by atoms with Crippen molar-refractivity contribution in [2.45, 2.75) is 26.5 Å². The molecule has 0 radical (unpaired) electrons. The molecule has 0 unspecified atom stereocenters. The number of rotatable bonds is 11. The van der Waals surface area contributed by atoms with Crippen molar-refractivity contribution >= 4 is 36.4 Å². The molecule has 158 valence electrons. The molecule has 0 atom stereocenters. The SMILES string of the molecule is CCNCCCNCc1cc(Cl)c(OCc2ccc(F)cc2)c(OC)c1.Cl.Cl. The molecule has 0 spiro atoms. The van der Waals surface area contributed by atoms with E-state index in [-0.39, 0.29) is 30.6 Å². The van der Waals surface area contributed by atoms with Gasteiger partial charge in [-0.25, -0.2) is 4.39 Å². The number of benzene rings is 2. The van der Waals surface area contributed by atoms with Crippen LogP contribution in [0.15, 0.2) is 36.4 Å². The molecule has 0 aromatic heterocycles. The lowest BCUT2D eigenvalue weighted by Gasteiger charge is -2.15. The van der Waals surface area contributed by atoms with E-state index in [0.29, 0.717) is 29.7 Å². The summed E-state index contributed by atoms with van der Waals surface area (Å²) in [6, 6.07) is 9.97. The van der Waals surface area contributed by atoms with Gasteiger partial charge in [-0.1, -0.05) is 30.7 Å². The van der Waals surface area contributed by atoms with E-state index in [0.717, 1.165) is 37.2 Å². The summed E-state index contributed by atoms with van der Waals surface area (Å²) in [5.74, 6) is 0.810. The minimum atomic E-state index is -0.272. The molecule has 28 heavy (non-hydrogen) atoms. The van der Waals surface area contributed by atoms with Gasteiger partial charge in [-0.15, -0.1) is 24.8 Å². The maximum atomic E-state index is 13.0. The molecule has 0 saturated heterocycles. The summed E-state index contributed by atoms with van der Waals surface area (Å²) in [7, 11) is 1.59. The maximum Gasteiger partial charge on any atom is 0.180 e. The highest BCUT2D eigenvalue weighted by Crippen LogP contribution is 2.37. The van der Waals surface area contributed by atoms with Crippen molar-refractivity contribution in [3.63, 3.8) is 0 Å². The number of nitrogens with one attached hydrogen (secondary N) is 2. The van der Waals surface area contributed by atoms with Gasteiger partial charge in [0.15, 0.2) is 11.5 Å². The Labute approximate surface area is 184 Å². The predicted molar refractivity (Wildman–Crippen MR) is 118 cm³/mol. The minimum Gasteiger partial charge on any atom is -0.493 e. The van der Waals surface area contributed by atoms with Crippen molar-refractivity contribution in [2.24, 2.45) is 0 Å². The molecular weight excluding hydrogens is 426 g/mol. The van der Waals surface area contributed by atoms with E-state index in [2.05, 4.69) is 17.6 Å². The summed E-state index contributed by atoms with van der Waals surface area (Å²) in [6.45, 7) is 6.02. The van der Waals surface area contributed by atoms with Crippen LogP contribution in [0.5, 0.6) is 11.5 Å². The lowest BCUT2D eigenvalue weighted by Crippen LogP contribution is -2.21. The first-order valence-corrected chi connectivity index (χ1v) is 9.17. The molecule has 0 bridgehead atoms. The van der Waals surface area contributed by atoms with Gasteiger partial charge < -0.3 is 20.1 Å². The van der Waals surface area contributed by atoms with Crippen LogP contribution in [0.3, 0.4) is 0 Å². The number of hydrogen-bond acceptors (Lipinski definition) is 4. The third kappa shape index (κ3) is 8.84. The Balaban J connectivity index is 0.00000364. The zero-order valence-electron chi connectivity index (χ0n) is 16.1. The number of hydrogen-bond donors (Lipinski definition) is 2. The summed E-state index contributed by atoms with van der Waals surface area (Å²) in [5.41, 5.74) is 1.89. The maximum absolute atomic E-state index is 13.0. The Morgan fingerprint density at radius 2 is 1.68 bits per heavy atom. The second-order valence-corrected chi connectivity index (χ2v) is 6.32. The summed E-state index contributed by atoms with van der Waals surface area (Å²) < 4.78 is 24.2. The zero-order valence-corrected chi connectivity index (χ0v) is 18.5. The van der Waals surface area contributed by atoms with E-state index in [1.165, 1.54) is 12.1 Å². The van der Waals surface area contributed by atoms with Gasteiger partial charge in [0, 0.05) is 6.54 Å².